The summed E-state index contributed by atoms with van der Waals surface area (Å²) in [5, 5.41) is 0. The average Bonchev–Trinajstić information content (AvgIpc) is 2.40. The Kier molecular flexibility index (Phi) is 3.44. The summed E-state index contributed by atoms with van der Waals surface area (Å²) >= 11 is 0. The third kappa shape index (κ3) is 2.03. The van der Waals surface area contributed by atoms with Crippen LogP contribution in [0.5, 0.6) is 0 Å². The molecule has 0 radical (unpaired) electrons. The second-order valence-corrected chi connectivity index (χ2v) is 3.76. The van der Waals surface area contributed by atoms with Crippen molar-refractivity contribution in [3.8, 4) is 0 Å². The summed E-state index contributed by atoms with van der Waals surface area (Å²) < 4.78 is 0. The minimum atomic E-state index is -0.153. The first-order valence-electron chi connectivity index (χ1n) is 5.14. The largest absolute Gasteiger partial charge is 0.275 e. The number of amides is 2. The molecule has 0 aromatic heterocycles. The van der Waals surface area contributed by atoms with Gasteiger partial charge in [-0.25, -0.2) is 0 Å². The molecule has 0 unspecified atom stereocenters. The highest BCUT2D eigenvalue weighted by molar-refractivity contribution is 6.15. The summed E-state index contributed by atoms with van der Waals surface area (Å²) in [7, 11) is 0. The lowest BCUT2D eigenvalue weighted by Crippen LogP contribution is -2.35. The van der Waals surface area contributed by atoms with Gasteiger partial charge >= 0.3 is 0 Å². The van der Waals surface area contributed by atoms with E-state index in [9.17, 15) is 9.59 Å². The van der Waals surface area contributed by atoms with Crippen molar-refractivity contribution in [2.75, 3.05) is 6.54 Å². The van der Waals surface area contributed by atoms with Crippen LogP contribution in [-0.4, -0.2) is 23.3 Å². The Morgan fingerprint density at radius 2 is 1.86 bits per heavy atom. The Morgan fingerprint density at radius 1 is 1.29 bits per heavy atom. The van der Waals surface area contributed by atoms with Gasteiger partial charge in [0.15, 0.2) is 0 Å². The number of carbonyl (C=O) groups excluding carboxylic acids is 2. The second-order valence-electron chi connectivity index (χ2n) is 3.76. The number of hydrogen-bond acceptors (Lipinski definition) is 2. The quantitative estimate of drug-likeness (QED) is 0.641. The van der Waals surface area contributed by atoms with Crippen LogP contribution in [0.1, 0.15) is 33.6 Å². The fraction of sp³-hybridized carbons (Fsp3) is 0.636. The molecular weight excluding hydrogens is 178 g/mol. The van der Waals surface area contributed by atoms with E-state index in [0.29, 0.717) is 18.0 Å². The Morgan fingerprint density at radius 3 is 2.21 bits per heavy atom. The first-order chi connectivity index (χ1) is 6.60. The molecule has 0 aliphatic carbocycles. The van der Waals surface area contributed by atoms with E-state index in [1.807, 2.05) is 0 Å². The number of nitrogens with zero attached hydrogens (tertiary/aromatic N) is 1. The maximum atomic E-state index is 11.5. The van der Waals surface area contributed by atoms with E-state index in [0.717, 1.165) is 12.8 Å². The lowest BCUT2D eigenvalue weighted by atomic mass is 10.0. The molecule has 0 N–H and O–H groups in total. The maximum Gasteiger partial charge on any atom is 0.256 e. The van der Waals surface area contributed by atoms with Crippen molar-refractivity contribution >= 4 is 11.8 Å². The van der Waals surface area contributed by atoms with Gasteiger partial charge in [-0.05, 0) is 12.8 Å². The molecule has 0 saturated heterocycles. The van der Waals surface area contributed by atoms with Crippen molar-refractivity contribution in [3.63, 3.8) is 0 Å². The molecule has 1 aliphatic rings. The van der Waals surface area contributed by atoms with E-state index in [2.05, 4.69) is 13.8 Å². The number of imide groups is 1. The third-order valence-electron chi connectivity index (χ3n) is 2.78. The van der Waals surface area contributed by atoms with Gasteiger partial charge in [0.2, 0.25) is 0 Å². The molecule has 78 valence electrons. The van der Waals surface area contributed by atoms with Gasteiger partial charge < -0.3 is 0 Å². The van der Waals surface area contributed by atoms with Crippen LogP contribution in [0.2, 0.25) is 0 Å². The highest BCUT2D eigenvalue weighted by Gasteiger charge is 2.29. The van der Waals surface area contributed by atoms with E-state index in [4.69, 9.17) is 0 Å². The van der Waals surface area contributed by atoms with Gasteiger partial charge in [0.1, 0.15) is 0 Å². The first kappa shape index (κ1) is 11.0. The standard InChI is InChI=1S/C11H17NO2/c1-4-9(5-2)7-12-10(13)6-8(3)11(12)14/h6,9H,4-5,7H2,1-3H3. The van der Waals surface area contributed by atoms with Crippen LogP contribution in [0.3, 0.4) is 0 Å². The molecule has 0 spiro atoms. The number of rotatable bonds is 4. The highest BCUT2D eigenvalue weighted by Crippen LogP contribution is 2.17. The molecule has 0 fully saturated rings. The average molecular weight is 195 g/mol. The molecule has 3 heteroatoms. The van der Waals surface area contributed by atoms with Crippen molar-refractivity contribution in [1.82, 2.24) is 4.90 Å². The molecule has 1 rings (SSSR count). The van der Waals surface area contributed by atoms with E-state index in [1.165, 1.54) is 11.0 Å². The fourth-order valence-corrected chi connectivity index (χ4v) is 1.62. The Labute approximate surface area is 84.8 Å². The van der Waals surface area contributed by atoms with E-state index in [1.54, 1.807) is 6.92 Å². The maximum absolute atomic E-state index is 11.5. The zero-order valence-corrected chi connectivity index (χ0v) is 9.04. The van der Waals surface area contributed by atoms with Crippen LogP contribution in [-0.2, 0) is 9.59 Å². The monoisotopic (exact) mass is 195 g/mol. The Bertz CT molecular complexity index is 277. The van der Waals surface area contributed by atoms with Crippen molar-refractivity contribution in [3.05, 3.63) is 11.6 Å². The zero-order chi connectivity index (χ0) is 10.7. The van der Waals surface area contributed by atoms with Crippen LogP contribution in [0.25, 0.3) is 0 Å². The van der Waals surface area contributed by atoms with Gasteiger partial charge in [-0.2, -0.15) is 0 Å². The van der Waals surface area contributed by atoms with Crippen LogP contribution in [0, 0.1) is 5.92 Å². The first-order valence-corrected chi connectivity index (χ1v) is 5.14. The molecule has 2 amide bonds. The molecule has 0 saturated carbocycles. The number of hydrogen-bond donors (Lipinski definition) is 0. The normalized spacial score (nSPS) is 16.9. The minimum Gasteiger partial charge on any atom is -0.275 e. The predicted octanol–water partition coefficient (Wildman–Crippen LogP) is 1.74. The van der Waals surface area contributed by atoms with E-state index in [-0.39, 0.29) is 11.8 Å². The zero-order valence-electron chi connectivity index (χ0n) is 9.04. The Hall–Kier alpha value is -1.12. The predicted molar refractivity (Wildman–Crippen MR) is 54.5 cm³/mol. The summed E-state index contributed by atoms with van der Waals surface area (Å²) in [5.41, 5.74) is 0.556. The third-order valence-corrected chi connectivity index (χ3v) is 2.78. The summed E-state index contributed by atoms with van der Waals surface area (Å²) in [6.45, 7) is 6.42. The lowest BCUT2D eigenvalue weighted by molar-refractivity contribution is -0.137. The van der Waals surface area contributed by atoms with Gasteiger partial charge in [-0.15, -0.1) is 0 Å². The molecule has 14 heavy (non-hydrogen) atoms. The molecule has 0 bridgehead atoms. The molecule has 0 aromatic carbocycles. The van der Waals surface area contributed by atoms with Crippen LogP contribution in [0.4, 0.5) is 0 Å². The molecule has 0 atom stereocenters. The van der Waals surface area contributed by atoms with Crippen molar-refractivity contribution in [2.45, 2.75) is 33.6 Å². The SMILES string of the molecule is CCC(CC)CN1C(=O)C=C(C)C1=O. The van der Waals surface area contributed by atoms with Crippen molar-refractivity contribution < 1.29 is 9.59 Å². The number of carbonyl (C=O) groups is 2. The minimum absolute atomic E-state index is 0.123. The van der Waals surface area contributed by atoms with Crippen molar-refractivity contribution in [1.29, 1.82) is 0 Å². The van der Waals surface area contributed by atoms with E-state index >= 15 is 0 Å². The smallest absolute Gasteiger partial charge is 0.256 e. The fourth-order valence-electron chi connectivity index (χ4n) is 1.62. The molecule has 1 heterocycles. The van der Waals surface area contributed by atoms with Gasteiger partial charge in [-0.1, -0.05) is 26.7 Å². The molecular formula is C11H17NO2. The molecule has 0 aromatic rings. The van der Waals surface area contributed by atoms with E-state index < -0.39 is 0 Å². The van der Waals surface area contributed by atoms with Crippen LogP contribution >= 0.6 is 0 Å². The lowest BCUT2D eigenvalue weighted by Gasteiger charge is -2.20. The second kappa shape index (κ2) is 4.40. The van der Waals surface area contributed by atoms with Gasteiger partial charge in [0.05, 0.1) is 0 Å². The van der Waals surface area contributed by atoms with Gasteiger partial charge in [0.25, 0.3) is 11.8 Å². The summed E-state index contributed by atoms with van der Waals surface area (Å²) in [6.07, 6.45) is 3.43. The van der Waals surface area contributed by atoms with Gasteiger partial charge in [-0.3, -0.25) is 14.5 Å². The topological polar surface area (TPSA) is 37.4 Å². The summed E-state index contributed by atoms with van der Waals surface area (Å²) in [6, 6.07) is 0. The van der Waals surface area contributed by atoms with Crippen molar-refractivity contribution in [2.24, 2.45) is 5.92 Å². The summed E-state index contributed by atoms with van der Waals surface area (Å²) in [5.74, 6) is 0.156. The highest BCUT2D eigenvalue weighted by atomic mass is 16.2. The molecule has 3 nitrogen and oxygen atoms in total. The Balaban J connectivity index is 2.63. The van der Waals surface area contributed by atoms with Gasteiger partial charge in [0, 0.05) is 18.2 Å². The molecule has 1 aliphatic heterocycles. The van der Waals surface area contributed by atoms with Crippen LogP contribution in [0.15, 0.2) is 11.6 Å². The summed E-state index contributed by atoms with van der Waals surface area (Å²) in [4.78, 5) is 24.3. The van der Waals surface area contributed by atoms with Crippen LogP contribution < -0.4 is 0 Å².